The van der Waals surface area contributed by atoms with Gasteiger partial charge >= 0.3 is 0 Å². The van der Waals surface area contributed by atoms with Gasteiger partial charge in [0.05, 0.1) is 0 Å². The van der Waals surface area contributed by atoms with Crippen LogP contribution in [0.3, 0.4) is 0 Å². The summed E-state index contributed by atoms with van der Waals surface area (Å²) in [6.45, 7) is 4.03. The van der Waals surface area contributed by atoms with E-state index < -0.39 is 0 Å². The van der Waals surface area contributed by atoms with E-state index in [2.05, 4.69) is 57.2 Å². The molecule has 0 N–H and O–H groups in total. The molecular formula is C16H17N5. The van der Waals surface area contributed by atoms with Gasteiger partial charge in [0.1, 0.15) is 12.1 Å². The van der Waals surface area contributed by atoms with Crippen LogP contribution < -0.4 is 4.90 Å². The van der Waals surface area contributed by atoms with Gasteiger partial charge in [-0.15, -0.1) is 0 Å². The van der Waals surface area contributed by atoms with Gasteiger partial charge in [0, 0.05) is 24.8 Å². The lowest BCUT2D eigenvalue weighted by Crippen LogP contribution is -2.32. The second-order valence-electron chi connectivity index (χ2n) is 5.37. The molecule has 0 atom stereocenters. The van der Waals surface area contributed by atoms with Gasteiger partial charge < -0.3 is 4.90 Å². The van der Waals surface area contributed by atoms with Crippen molar-refractivity contribution in [1.82, 2.24) is 19.6 Å². The first-order valence-electron chi connectivity index (χ1n) is 7.36. The van der Waals surface area contributed by atoms with E-state index in [9.17, 15) is 0 Å². The first-order chi connectivity index (χ1) is 10.3. The van der Waals surface area contributed by atoms with Gasteiger partial charge in [-0.3, -0.25) is 0 Å². The van der Waals surface area contributed by atoms with Crippen molar-refractivity contribution in [3.63, 3.8) is 0 Å². The van der Waals surface area contributed by atoms with Crippen LogP contribution in [0.25, 0.3) is 5.78 Å². The normalized spacial score (nSPS) is 14.4. The molecule has 0 spiro atoms. The molecule has 5 nitrogen and oxygen atoms in total. The highest BCUT2D eigenvalue weighted by atomic mass is 15.4. The molecule has 4 rings (SSSR count). The van der Waals surface area contributed by atoms with Crippen LogP contribution in [0.5, 0.6) is 0 Å². The molecule has 0 amide bonds. The topological polar surface area (TPSA) is 46.3 Å². The second-order valence-corrected chi connectivity index (χ2v) is 5.37. The van der Waals surface area contributed by atoms with Crippen LogP contribution in [0.2, 0.25) is 0 Å². The number of anilines is 1. The van der Waals surface area contributed by atoms with Crippen LogP contribution in [0, 0.1) is 0 Å². The molecule has 3 heterocycles. The smallest absolute Gasteiger partial charge is 0.254 e. The molecule has 0 saturated heterocycles. The maximum Gasteiger partial charge on any atom is 0.254 e. The van der Waals surface area contributed by atoms with E-state index in [-0.39, 0.29) is 0 Å². The molecule has 0 fully saturated rings. The highest BCUT2D eigenvalue weighted by Gasteiger charge is 2.19. The summed E-state index contributed by atoms with van der Waals surface area (Å²) in [5.74, 6) is 1.77. The maximum absolute atomic E-state index is 4.52. The minimum Gasteiger partial charge on any atom is -0.352 e. The Hall–Kier alpha value is -2.43. The van der Waals surface area contributed by atoms with E-state index in [4.69, 9.17) is 0 Å². The Labute approximate surface area is 123 Å². The molecular weight excluding hydrogens is 262 g/mol. The van der Waals surface area contributed by atoms with E-state index in [1.165, 1.54) is 11.1 Å². The number of rotatable bonds is 2. The third-order valence-corrected chi connectivity index (χ3v) is 4.10. The number of hydrogen-bond donors (Lipinski definition) is 0. The lowest BCUT2D eigenvalue weighted by atomic mass is 10.00. The van der Waals surface area contributed by atoms with Crippen LogP contribution in [0.4, 0.5) is 5.82 Å². The minimum absolute atomic E-state index is 0.684. The van der Waals surface area contributed by atoms with Crippen LogP contribution in [0.1, 0.15) is 23.7 Å². The molecule has 1 aromatic carbocycles. The molecule has 1 aliphatic heterocycles. The van der Waals surface area contributed by atoms with E-state index in [1.54, 1.807) is 6.33 Å². The molecule has 21 heavy (non-hydrogen) atoms. The summed E-state index contributed by atoms with van der Waals surface area (Å²) in [7, 11) is 0. The first kappa shape index (κ1) is 12.3. The van der Waals surface area contributed by atoms with Crippen LogP contribution in [0.15, 0.2) is 36.7 Å². The molecule has 0 saturated carbocycles. The summed E-state index contributed by atoms with van der Waals surface area (Å²) in [5, 5.41) is 4.33. The third kappa shape index (κ3) is 2.05. The summed E-state index contributed by atoms with van der Waals surface area (Å²) >= 11 is 0. The fourth-order valence-electron chi connectivity index (χ4n) is 2.94. The third-order valence-electron chi connectivity index (χ3n) is 4.10. The Morgan fingerprint density at radius 1 is 1.19 bits per heavy atom. The van der Waals surface area contributed by atoms with Gasteiger partial charge in [-0.05, 0) is 24.0 Å². The predicted octanol–water partition coefficient (Wildman–Crippen LogP) is 2.25. The molecule has 0 unspecified atom stereocenters. The van der Waals surface area contributed by atoms with Crippen LogP contribution in [-0.4, -0.2) is 26.1 Å². The van der Waals surface area contributed by atoms with E-state index in [1.807, 2.05) is 4.52 Å². The Morgan fingerprint density at radius 3 is 2.90 bits per heavy atom. The van der Waals surface area contributed by atoms with Crippen molar-refractivity contribution in [1.29, 1.82) is 0 Å². The lowest BCUT2D eigenvalue weighted by Gasteiger charge is -2.30. The van der Waals surface area contributed by atoms with Gasteiger partial charge in [-0.25, -0.2) is 4.98 Å². The van der Waals surface area contributed by atoms with Crippen LogP contribution >= 0.6 is 0 Å². The van der Waals surface area contributed by atoms with Gasteiger partial charge in [-0.2, -0.15) is 14.6 Å². The molecule has 0 radical (unpaired) electrons. The molecule has 1 aliphatic rings. The number of benzene rings is 1. The van der Waals surface area contributed by atoms with Crippen molar-refractivity contribution in [2.75, 3.05) is 11.4 Å². The SMILES string of the molecule is CCc1cc(N2CCc3ccccc3C2)n2ncnc2n1. The standard InChI is InChI=1S/C16H17N5/c1-2-14-9-15(21-16(19-14)17-11-18-21)20-8-7-12-5-3-4-6-13(12)10-20/h3-6,9,11H,2,7-8,10H2,1H3. The number of aryl methyl sites for hydroxylation is 1. The zero-order valence-corrected chi connectivity index (χ0v) is 12.0. The second kappa shape index (κ2) is 4.84. The Bertz CT molecular complexity index is 792. The van der Waals surface area contributed by atoms with Crippen molar-refractivity contribution in [2.24, 2.45) is 0 Å². The van der Waals surface area contributed by atoms with E-state index in [0.717, 1.165) is 37.4 Å². The summed E-state index contributed by atoms with van der Waals surface area (Å²) in [4.78, 5) is 11.1. The van der Waals surface area contributed by atoms with Gasteiger partial charge in [0.2, 0.25) is 0 Å². The largest absolute Gasteiger partial charge is 0.352 e. The van der Waals surface area contributed by atoms with E-state index in [0.29, 0.717) is 5.78 Å². The molecule has 2 aromatic heterocycles. The molecule has 0 bridgehead atoms. The van der Waals surface area contributed by atoms with Gasteiger partial charge in [-0.1, -0.05) is 31.2 Å². The number of hydrogen-bond acceptors (Lipinski definition) is 4. The highest BCUT2D eigenvalue weighted by Crippen LogP contribution is 2.24. The fraction of sp³-hybridized carbons (Fsp3) is 0.312. The quantitative estimate of drug-likeness (QED) is 0.722. The highest BCUT2D eigenvalue weighted by molar-refractivity contribution is 5.50. The Kier molecular flexibility index (Phi) is 2.84. The van der Waals surface area contributed by atoms with Crippen molar-refractivity contribution in [3.05, 3.63) is 53.5 Å². The fourth-order valence-corrected chi connectivity index (χ4v) is 2.94. The number of nitrogens with zero attached hydrogens (tertiary/aromatic N) is 5. The van der Waals surface area contributed by atoms with Crippen molar-refractivity contribution in [3.8, 4) is 0 Å². The average molecular weight is 279 g/mol. The molecule has 106 valence electrons. The van der Waals surface area contributed by atoms with Crippen molar-refractivity contribution >= 4 is 11.6 Å². The molecule has 5 heteroatoms. The van der Waals surface area contributed by atoms with Crippen molar-refractivity contribution in [2.45, 2.75) is 26.3 Å². The predicted molar refractivity (Wildman–Crippen MR) is 81.4 cm³/mol. The zero-order chi connectivity index (χ0) is 14.2. The molecule has 3 aromatic rings. The summed E-state index contributed by atoms with van der Waals surface area (Å²) in [6.07, 6.45) is 3.54. The number of aromatic nitrogens is 4. The summed E-state index contributed by atoms with van der Waals surface area (Å²) in [5.41, 5.74) is 3.91. The van der Waals surface area contributed by atoms with Gasteiger partial charge in [0.25, 0.3) is 5.78 Å². The monoisotopic (exact) mass is 279 g/mol. The Morgan fingerprint density at radius 2 is 2.05 bits per heavy atom. The lowest BCUT2D eigenvalue weighted by molar-refractivity contribution is 0.700. The molecule has 0 aliphatic carbocycles. The van der Waals surface area contributed by atoms with E-state index >= 15 is 0 Å². The summed E-state index contributed by atoms with van der Waals surface area (Å²) in [6, 6.07) is 10.8. The first-order valence-corrected chi connectivity index (χ1v) is 7.36. The van der Waals surface area contributed by atoms with Crippen molar-refractivity contribution < 1.29 is 0 Å². The average Bonchev–Trinajstić information content (AvgIpc) is 3.01. The van der Waals surface area contributed by atoms with Crippen LogP contribution in [-0.2, 0) is 19.4 Å². The maximum atomic E-state index is 4.52. The minimum atomic E-state index is 0.684. The summed E-state index contributed by atoms with van der Waals surface area (Å²) < 4.78 is 1.84. The van der Waals surface area contributed by atoms with Gasteiger partial charge in [0.15, 0.2) is 0 Å². The number of fused-ring (bicyclic) bond motifs is 2. The Balaban J connectivity index is 1.79. The zero-order valence-electron chi connectivity index (χ0n) is 12.0.